The number of sulfone groups is 1. The molecular weight excluding hydrogens is 250 g/mol. The first-order chi connectivity index (χ1) is 7.55. The molecule has 0 fully saturated rings. The topological polar surface area (TPSA) is 55.4 Å². The van der Waals surface area contributed by atoms with Crippen molar-refractivity contribution in [1.82, 2.24) is 5.32 Å². The van der Waals surface area contributed by atoms with E-state index in [9.17, 15) is 8.42 Å². The molecule has 0 amide bonds. The fourth-order valence-electron chi connectivity index (χ4n) is 1.41. The van der Waals surface area contributed by atoms with Crippen LogP contribution in [0.4, 0.5) is 0 Å². The summed E-state index contributed by atoms with van der Waals surface area (Å²) in [7, 11) is -1.27. The molecule has 16 heavy (non-hydrogen) atoms. The van der Waals surface area contributed by atoms with Crippen molar-refractivity contribution in [3.63, 3.8) is 0 Å². The second kappa shape index (κ2) is 9.22. The summed E-state index contributed by atoms with van der Waals surface area (Å²) in [6.45, 7) is 2.89. The maximum atomic E-state index is 11.4. The van der Waals surface area contributed by atoms with Crippen LogP contribution in [0.3, 0.4) is 0 Å². The second-order valence-corrected chi connectivity index (χ2v) is 6.42. The zero-order valence-corrected chi connectivity index (χ0v) is 11.6. The molecule has 0 aromatic carbocycles. The van der Waals surface area contributed by atoms with Gasteiger partial charge in [-0.1, -0.05) is 6.92 Å². The van der Waals surface area contributed by atoms with Crippen molar-refractivity contribution < 1.29 is 13.2 Å². The molecular formula is C10H22ClNO3S. The monoisotopic (exact) mass is 271 g/mol. The van der Waals surface area contributed by atoms with Crippen molar-refractivity contribution in [3.05, 3.63) is 0 Å². The largest absolute Gasteiger partial charge is 0.383 e. The Labute approximate surface area is 104 Å². The van der Waals surface area contributed by atoms with Crippen LogP contribution in [-0.4, -0.2) is 52.1 Å². The summed E-state index contributed by atoms with van der Waals surface area (Å²) in [6.07, 6.45) is 1.45. The average molecular weight is 272 g/mol. The van der Waals surface area contributed by atoms with Crippen LogP contribution in [0.5, 0.6) is 0 Å². The predicted molar refractivity (Wildman–Crippen MR) is 67.9 cm³/mol. The van der Waals surface area contributed by atoms with Gasteiger partial charge in [-0.3, -0.25) is 0 Å². The Morgan fingerprint density at radius 3 is 2.56 bits per heavy atom. The normalized spacial score (nSPS) is 13.9. The number of hydrogen-bond donors (Lipinski definition) is 1. The van der Waals surface area contributed by atoms with E-state index < -0.39 is 9.84 Å². The van der Waals surface area contributed by atoms with E-state index in [0.29, 0.717) is 25.5 Å². The number of methoxy groups -OCH3 is 1. The Morgan fingerprint density at radius 1 is 1.38 bits per heavy atom. The zero-order valence-electron chi connectivity index (χ0n) is 10.0. The minimum atomic E-state index is -2.89. The first-order valence-electron chi connectivity index (χ1n) is 5.54. The smallest absolute Gasteiger partial charge is 0.151 e. The molecule has 0 heterocycles. The van der Waals surface area contributed by atoms with E-state index in [1.165, 1.54) is 0 Å². The van der Waals surface area contributed by atoms with Crippen LogP contribution < -0.4 is 5.32 Å². The van der Waals surface area contributed by atoms with Crippen molar-refractivity contribution in [3.8, 4) is 0 Å². The Kier molecular flexibility index (Phi) is 9.31. The van der Waals surface area contributed by atoms with Crippen LogP contribution in [0.15, 0.2) is 0 Å². The first kappa shape index (κ1) is 16.2. The summed E-state index contributed by atoms with van der Waals surface area (Å²) in [5.41, 5.74) is 0. The van der Waals surface area contributed by atoms with Gasteiger partial charge in [-0.2, -0.15) is 0 Å². The third-order valence-corrected chi connectivity index (χ3v) is 4.26. The first-order valence-corrected chi connectivity index (χ1v) is 7.90. The molecule has 0 aromatic rings. The van der Waals surface area contributed by atoms with Crippen LogP contribution in [0.2, 0.25) is 0 Å². The average Bonchev–Trinajstić information content (AvgIpc) is 2.18. The van der Waals surface area contributed by atoms with Crippen LogP contribution in [-0.2, 0) is 14.6 Å². The maximum Gasteiger partial charge on any atom is 0.151 e. The Morgan fingerprint density at radius 2 is 2.06 bits per heavy atom. The minimum Gasteiger partial charge on any atom is -0.383 e. The number of rotatable bonds is 10. The number of nitrogens with one attached hydrogen (secondary N) is 1. The van der Waals surface area contributed by atoms with Crippen molar-refractivity contribution in [1.29, 1.82) is 0 Å². The molecule has 0 aliphatic heterocycles. The molecule has 1 unspecified atom stereocenters. The van der Waals surface area contributed by atoms with Crippen molar-refractivity contribution in [2.45, 2.75) is 25.8 Å². The van der Waals surface area contributed by atoms with Gasteiger partial charge < -0.3 is 10.1 Å². The van der Waals surface area contributed by atoms with E-state index in [1.54, 1.807) is 7.11 Å². The third kappa shape index (κ3) is 8.33. The van der Waals surface area contributed by atoms with Gasteiger partial charge >= 0.3 is 0 Å². The van der Waals surface area contributed by atoms with E-state index in [-0.39, 0.29) is 17.5 Å². The Hall–Kier alpha value is 0.160. The highest BCUT2D eigenvalue weighted by Gasteiger charge is 2.11. The molecule has 0 saturated heterocycles. The summed E-state index contributed by atoms with van der Waals surface area (Å²) in [5.74, 6) is 0.991. The predicted octanol–water partition coefficient (Wildman–Crippen LogP) is 1.04. The highest BCUT2D eigenvalue weighted by molar-refractivity contribution is 7.91. The van der Waals surface area contributed by atoms with Gasteiger partial charge in [0.05, 0.1) is 12.4 Å². The van der Waals surface area contributed by atoms with Crippen LogP contribution in [0.25, 0.3) is 0 Å². The van der Waals surface area contributed by atoms with Gasteiger partial charge in [0.25, 0.3) is 0 Å². The summed E-state index contributed by atoms with van der Waals surface area (Å²) in [5, 5.41) is 3.15. The highest BCUT2D eigenvalue weighted by atomic mass is 35.5. The van der Waals surface area contributed by atoms with Crippen molar-refractivity contribution in [2.75, 3.05) is 37.6 Å². The number of ether oxygens (including phenoxy) is 1. The quantitative estimate of drug-likeness (QED) is 0.604. The number of alkyl halides is 1. The third-order valence-electron chi connectivity index (χ3n) is 2.19. The molecule has 6 heteroatoms. The Balaban J connectivity index is 3.84. The maximum absolute atomic E-state index is 11.4. The second-order valence-electron chi connectivity index (χ2n) is 3.74. The molecule has 0 aliphatic carbocycles. The number of hydrogen-bond acceptors (Lipinski definition) is 4. The van der Waals surface area contributed by atoms with Gasteiger partial charge in [0.2, 0.25) is 0 Å². The molecule has 1 atom stereocenters. The summed E-state index contributed by atoms with van der Waals surface area (Å²) >= 11 is 5.64. The zero-order chi connectivity index (χ0) is 12.4. The molecule has 98 valence electrons. The van der Waals surface area contributed by atoms with E-state index in [2.05, 4.69) is 5.32 Å². The summed E-state index contributed by atoms with van der Waals surface area (Å²) < 4.78 is 27.9. The van der Waals surface area contributed by atoms with E-state index in [1.807, 2.05) is 6.92 Å². The molecule has 1 N–H and O–H groups in total. The summed E-state index contributed by atoms with van der Waals surface area (Å²) in [6, 6.07) is 0.138. The van der Waals surface area contributed by atoms with Gasteiger partial charge in [-0.25, -0.2) is 8.42 Å². The Bertz CT molecular complexity index is 251. The van der Waals surface area contributed by atoms with Crippen LogP contribution in [0, 0.1) is 0 Å². The van der Waals surface area contributed by atoms with Crippen LogP contribution >= 0.6 is 11.6 Å². The highest BCUT2D eigenvalue weighted by Crippen LogP contribution is 1.97. The lowest BCUT2D eigenvalue weighted by atomic mass is 10.2. The van der Waals surface area contributed by atoms with Crippen LogP contribution in [0.1, 0.15) is 19.8 Å². The molecule has 0 rings (SSSR count). The molecule has 0 bridgehead atoms. The fraction of sp³-hybridized carbons (Fsp3) is 1.00. The fourth-order valence-corrected chi connectivity index (χ4v) is 2.93. The van der Waals surface area contributed by atoms with Gasteiger partial charge in [-0.15, -0.1) is 11.6 Å². The van der Waals surface area contributed by atoms with E-state index in [0.717, 1.165) is 6.42 Å². The van der Waals surface area contributed by atoms with Gasteiger partial charge in [0.15, 0.2) is 9.84 Å². The van der Waals surface area contributed by atoms with Crippen molar-refractivity contribution >= 4 is 21.4 Å². The lowest BCUT2D eigenvalue weighted by Gasteiger charge is -2.16. The van der Waals surface area contributed by atoms with Crippen molar-refractivity contribution in [2.24, 2.45) is 0 Å². The molecule has 0 radical (unpaired) electrons. The van der Waals surface area contributed by atoms with Gasteiger partial charge in [-0.05, 0) is 12.8 Å². The molecule has 0 spiro atoms. The SMILES string of the molecule is CCCS(=O)(=O)CCNC(CCCl)COC. The summed E-state index contributed by atoms with van der Waals surface area (Å²) in [4.78, 5) is 0. The molecule has 0 aliphatic rings. The lowest BCUT2D eigenvalue weighted by Crippen LogP contribution is -2.37. The number of halogens is 1. The van der Waals surface area contributed by atoms with Gasteiger partial charge in [0, 0.05) is 31.3 Å². The van der Waals surface area contributed by atoms with E-state index in [4.69, 9.17) is 16.3 Å². The van der Waals surface area contributed by atoms with Gasteiger partial charge in [0.1, 0.15) is 0 Å². The minimum absolute atomic E-state index is 0.138. The molecule has 0 aromatic heterocycles. The molecule has 0 saturated carbocycles. The van der Waals surface area contributed by atoms with E-state index >= 15 is 0 Å². The lowest BCUT2D eigenvalue weighted by molar-refractivity contribution is 0.166. The molecule has 4 nitrogen and oxygen atoms in total. The standard InChI is InChI=1S/C10H22ClNO3S/c1-3-7-16(13,14)8-6-12-10(4-5-11)9-15-2/h10,12H,3-9H2,1-2H3.